The molecule has 0 saturated carbocycles. The summed E-state index contributed by atoms with van der Waals surface area (Å²) in [5, 5.41) is 0. The van der Waals surface area contributed by atoms with Crippen LogP contribution in [0.3, 0.4) is 0 Å². The van der Waals surface area contributed by atoms with Gasteiger partial charge in [0.2, 0.25) is 0 Å². The molecule has 0 bridgehead atoms. The number of carbonyl (C=O) groups is 2. The van der Waals surface area contributed by atoms with Gasteiger partial charge in [-0.2, -0.15) is 0 Å². The second-order valence-electron chi connectivity index (χ2n) is 6.55. The summed E-state index contributed by atoms with van der Waals surface area (Å²) in [4.78, 5) is 25.6. The van der Waals surface area contributed by atoms with E-state index in [2.05, 4.69) is 0 Å². The van der Waals surface area contributed by atoms with Gasteiger partial charge < -0.3 is 14.4 Å². The molecule has 0 aliphatic heterocycles. The molecular formula is C21H25NO4. The largest absolute Gasteiger partial charge is 0.491 e. The first-order valence-corrected chi connectivity index (χ1v) is 8.57. The van der Waals surface area contributed by atoms with Crippen LogP contribution >= 0.6 is 0 Å². The molecule has 138 valence electrons. The molecule has 0 aliphatic carbocycles. The zero-order valence-corrected chi connectivity index (χ0v) is 15.7. The molecule has 0 atom stereocenters. The van der Waals surface area contributed by atoms with Crippen molar-refractivity contribution in [2.75, 3.05) is 14.1 Å². The highest BCUT2D eigenvalue weighted by molar-refractivity contribution is 5.94. The van der Waals surface area contributed by atoms with Gasteiger partial charge in [0.15, 0.2) is 0 Å². The number of carbonyl (C=O) groups excluding carboxylic acids is 2. The van der Waals surface area contributed by atoms with E-state index in [9.17, 15) is 9.59 Å². The van der Waals surface area contributed by atoms with Crippen LogP contribution in [0.1, 0.15) is 35.3 Å². The van der Waals surface area contributed by atoms with Gasteiger partial charge in [-0.15, -0.1) is 0 Å². The Morgan fingerprint density at radius 2 is 1.69 bits per heavy atom. The second-order valence-corrected chi connectivity index (χ2v) is 6.55. The number of nitrogens with zero attached hydrogens (tertiary/aromatic N) is 1. The van der Waals surface area contributed by atoms with Crippen molar-refractivity contribution < 1.29 is 19.1 Å². The molecular weight excluding hydrogens is 330 g/mol. The smallest absolute Gasteiger partial charge is 0.310 e. The molecule has 2 aromatic rings. The number of hydrogen-bond donors (Lipinski definition) is 0. The van der Waals surface area contributed by atoms with Gasteiger partial charge in [0, 0.05) is 19.7 Å². The summed E-state index contributed by atoms with van der Waals surface area (Å²) in [5.74, 6) is 0.330. The van der Waals surface area contributed by atoms with E-state index >= 15 is 0 Å². The molecule has 2 rings (SSSR count). The quantitative estimate of drug-likeness (QED) is 0.714. The summed E-state index contributed by atoms with van der Waals surface area (Å²) in [7, 11) is 3.40. The van der Waals surface area contributed by atoms with E-state index in [0.717, 1.165) is 16.9 Å². The minimum Gasteiger partial charge on any atom is -0.491 e. The molecule has 0 aromatic heterocycles. The van der Waals surface area contributed by atoms with Crippen LogP contribution in [0.25, 0.3) is 0 Å². The predicted octanol–water partition coefficient (Wildman–Crippen LogP) is 3.46. The first-order valence-electron chi connectivity index (χ1n) is 8.57. The number of benzene rings is 2. The molecule has 5 nitrogen and oxygen atoms in total. The van der Waals surface area contributed by atoms with Crippen molar-refractivity contribution in [3.8, 4) is 5.75 Å². The van der Waals surface area contributed by atoms with Crippen molar-refractivity contribution in [1.29, 1.82) is 0 Å². The van der Waals surface area contributed by atoms with Gasteiger partial charge in [-0.25, -0.2) is 0 Å². The lowest BCUT2D eigenvalue weighted by Crippen LogP contribution is -2.21. The van der Waals surface area contributed by atoms with Crippen molar-refractivity contribution in [3.63, 3.8) is 0 Å². The molecule has 26 heavy (non-hydrogen) atoms. The topological polar surface area (TPSA) is 55.8 Å². The van der Waals surface area contributed by atoms with E-state index in [1.807, 2.05) is 44.2 Å². The molecule has 0 spiro atoms. The summed E-state index contributed by atoms with van der Waals surface area (Å²) in [5.41, 5.74) is 2.19. The predicted molar refractivity (Wildman–Crippen MR) is 100 cm³/mol. The van der Waals surface area contributed by atoms with E-state index in [-0.39, 0.29) is 31.0 Å². The third-order valence-corrected chi connectivity index (χ3v) is 3.60. The van der Waals surface area contributed by atoms with Crippen LogP contribution in [0.5, 0.6) is 5.75 Å². The van der Waals surface area contributed by atoms with Gasteiger partial charge in [-0.3, -0.25) is 9.59 Å². The number of ether oxygens (including phenoxy) is 2. The van der Waals surface area contributed by atoms with Crippen LogP contribution in [0.15, 0.2) is 48.5 Å². The first-order chi connectivity index (χ1) is 12.3. The van der Waals surface area contributed by atoms with Gasteiger partial charge in [-0.1, -0.05) is 24.3 Å². The standard InChI is InChI=1S/C21H25NO4/c1-15(2)26-19-10-6-7-16(12-19)13-20(23)25-14-17-8-5-9-18(11-17)21(24)22(3)4/h5-12,15H,13-14H2,1-4H3. The number of amides is 1. The maximum Gasteiger partial charge on any atom is 0.310 e. The lowest BCUT2D eigenvalue weighted by molar-refractivity contribution is -0.144. The lowest BCUT2D eigenvalue weighted by atomic mass is 10.1. The van der Waals surface area contributed by atoms with Crippen molar-refractivity contribution in [2.45, 2.75) is 33.0 Å². The molecule has 2 aromatic carbocycles. The van der Waals surface area contributed by atoms with Gasteiger partial charge in [-0.05, 0) is 49.2 Å². The van der Waals surface area contributed by atoms with Crippen molar-refractivity contribution in [1.82, 2.24) is 4.90 Å². The fraction of sp³-hybridized carbons (Fsp3) is 0.333. The molecule has 0 aliphatic rings. The molecule has 0 unspecified atom stereocenters. The summed E-state index contributed by atoms with van der Waals surface area (Å²) >= 11 is 0. The minimum absolute atomic E-state index is 0.0781. The van der Waals surface area contributed by atoms with Gasteiger partial charge in [0.1, 0.15) is 12.4 Å². The number of hydrogen-bond acceptors (Lipinski definition) is 4. The van der Waals surface area contributed by atoms with Gasteiger partial charge >= 0.3 is 5.97 Å². The highest BCUT2D eigenvalue weighted by atomic mass is 16.5. The Hall–Kier alpha value is -2.82. The normalized spacial score (nSPS) is 10.5. The Kier molecular flexibility index (Phi) is 6.78. The molecule has 0 N–H and O–H groups in total. The third-order valence-electron chi connectivity index (χ3n) is 3.60. The summed E-state index contributed by atoms with van der Waals surface area (Å²) < 4.78 is 11.0. The van der Waals surface area contributed by atoms with Crippen LogP contribution in [0.4, 0.5) is 0 Å². The average Bonchev–Trinajstić information content (AvgIpc) is 2.59. The maximum absolute atomic E-state index is 12.1. The van der Waals surface area contributed by atoms with Gasteiger partial charge in [0.25, 0.3) is 5.91 Å². The monoisotopic (exact) mass is 355 g/mol. The Bertz CT molecular complexity index is 768. The number of rotatable bonds is 7. The van der Waals surface area contributed by atoms with E-state index < -0.39 is 0 Å². The SMILES string of the molecule is CC(C)Oc1cccc(CC(=O)OCc2cccc(C(=O)N(C)C)c2)c1. The van der Waals surface area contributed by atoms with Crippen LogP contribution in [-0.4, -0.2) is 37.0 Å². The van der Waals surface area contributed by atoms with E-state index in [0.29, 0.717) is 5.56 Å². The summed E-state index contributed by atoms with van der Waals surface area (Å²) in [6.07, 6.45) is 0.250. The highest BCUT2D eigenvalue weighted by Crippen LogP contribution is 2.16. The Labute approximate surface area is 154 Å². The van der Waals surface area contributed by atoms with Crippen LogP contribution in [-0.2, 0) is 22.6 Å². The average molecular weight is 355 g/mol. The fourth-order valence-electron chi connectivity index (χ4n) is 2.43. The lowest BCUT2D eigenvalue weighted by Gasteiger charge is -2.12. The minimum atomic E-state index is -0.323. The first kappa shape index (κ1) is 19.5. The van der Waals surface area contributed by atoms with Gasteiger partial charge in [0.05, 0.1) is 12.5 Å². The zero-order chi connectivity index (χ0) is 19.1. The molecule has 0 fully saturated rings. The second kappa shape index (κ2) is 9.04. The highest BCUT2D eigenvalue weighted by Gasteiger charge is 2.10. The molecule has 0 radical (unpaired) electrons. The zero-order valence-electron chi connectivity index (χ0n) is 15.7. The maximum atomic E-state index is 12.1. The fourth-order valence-corrected chi connectivity index (χ4v) is 2.43. The van der Waals surface area contributed by atoms with E-state index in [4.69, 9.17) is 9.47 Å². The van der Waals surface area contributed by atoms with Crippen molar-refractivity contribution >= 4 is 11.9 Å². The molecule has 1 amide bonds. The van der Waals surface area contributed by atoms with Crippen LogP contribution in [0.2, 0.25) is 0 Å². The molecule has 5 heteroatoms. The molecule has 0 saturated heterocycles. The van der Waals surface area contributed by atoms with E-state index in [1.165, 1.54) is 4.90 Å². The van der Waals surface area contributed by atoms with E-state index in [1.54, 1.807) is 32.3 Å². The van der Waals surface area contributed by atoms with Crippen LogP contribution in [0, 0.1) is 0 Å². The third kappa shape index (κ3) is 5.92. The summed E-state index contributed by atoms with van der Waals surface area (Å²) in [6.45, 7) is 4.04. The van der Waals surface area contributed by atoms with Crippen LogP contribution < -0.4 is 4.74 Å². The van der Waals surface area contributed by atoms with Crippen molar-refractivity contribution in [3.05, 3.63) is 65.2 Å². The Balaban J connectivity index is 1.93. The Morgan fingerprint density at radius 3 is 2.38 bits per heavy atom. The Morgan fingerprint density at radius 1 is 1.00 bits per heavy atom. The molecule has 0 heterocycles. The number of esters is 1. The summed E-state index contributed by atoms with van der Waals surface area (Å²) in [6, 6.07) is 14.5. The van der Waals surface area contributed by atoms with Crippen molar-refractivity contribution in [2.24, 2.45) is 0 Å².